The number of fused-ring (bicyclic) bond motifs is 1. The summed E-state index contributed by atoms with van der Waals surface area (Å²) in [5.41, 5.74) is 1.86. The van der Waals surface area contributed by atoms with Gasteiger partial charge in [-0.15, -0.1) is 0 Å². The number of para-hydroxylation sites is 2. The number of nitrogens with one attached hydrogen (secondary N) is 1. The number of amides is 3. The Morgan fingerprint density at radius 3 is 2.48 bits per heavy atom. The maximum Gasteiger partial charge on any atom is 0.324 e. The third kappa shape index (κ3) is 5.41. The summed E-state index contributed by atoms with van der Waals surface area (Å²) in [6.07, 6.45) is 2.18. The van der Waals surface area contributed by atoms with E-state index in [2.05, 4.69) is 12.2 Å². The van der Waals surface area contributed by atoms with Gasteiger partial charge >= 0.3 is 6.03 Å². The number of nitrogens with zero attached hydrogens (tertiary/aromatic N) is 2. The predicted molar refractivity (Wildman–Crippen MR) is 128 cm³/mol. The van der Waals surface area contributed by atoms with Gasteiger partial charge in [0.1, 0.15) is 17.6 Å². The van der Waals surface area contributed by atoms with Crippen LogP contribution in [-0.2, 0) is 11.3 Å². The quantitative estimate of drug-likeness (QED) is 0.714. The van der Waals surface area contributed by atoms with Gasteiger partial charge in [0.25, 0.3) is 0 Å². The number of hydrogen-bond acceptors (Lipinski definition) is 4. The third-order valence-electron chi connectivity index (χ3n) is 6.36. The lowest BCUT2D eigenvalue weighted by Gasteiger charge is -2.39. The normalized spacial score (nSPS) is 18.3. The number of carbonyl (C=O) groups is 2. The van der Waals surface area contributed by atoms with E-state index in [4.69, 9.17) is 9.47 Å². The van der Waals surface area contributed by atoms with Crippen LogP contribution in [-0.4, -0.2) is 49.2 Å². The van der Waals surface area contributed by atoms with Crippen LogP contribution in [0, 0.1) is 5.92 Å². The molecule has 0 radical (unpaired) electrons. The minimum Gasteiger partial charge on any atom is -0.494 e. The standard InChI is InChI=1S/C26H33N3O4/c1-3-21-18-29(23-7-5-6-8-24(23)33-21)26(31)28-15-13-20(14-16-28)25(30)27-17-19-9-11-22(12-10-19)32-4-2/h5-12,20-21H,3-4,13-18H2,1-2H3,(H,27,30)/t21-/m0/s1. The average molecular weight is 452 g/mol. The Labute approximate surface area is 195 Å². The Bertz CT molecular complexity index is 954. The van der Waals surface area contributed by atoms with Crippen molar-refractivity contribution in [2.75, 3.05) is 31.1 Å². The molecule has 1 atom stereocenters. The van der Waals surface area contributed by atoms with E-state index in [0.717, 1.165) is 29.2 Å². The monoisotopic (exact) mass is 451 g/mol. The molecule has 2 aliphatic rings. The summed E-state index contributed by atoms with van der Waals surface area (Å²) >= 11 is 0. The number of hydrogen-bond donors (Lipinski definition) is 1. The minimum atomic E-state index is -0.0721. The summed E-state index contributed by atoms with van der Waals surface area (Å²) in [4.78, 5) is 29.7. The Hall–Kier alpha value is -3.22. The maximum atomic E-state index is 13.3. The molecule has 2 aromatic rings. The van der Waals surface area contributed by atoms with Crippen molar-refractivity contribution in [2.45, 2.75) is 45.8 Å². The fourth-order valence-corrected chi connectivity index (χ4v) is 4.40. The molecule has 1 saturated heterocycles. The molecule has 4 rings (SSSR count). The summed E-state index contributed by atoms with van der Waals surface area (Å²) < 4.78 is 11.5. The lowest BCUT2D eigenvalue weighted by molar-refractivity contribution is -0.126. The Morgan fingerprint density at radius 1 is 1.06 bits per heavy atom. The van der Waals surface area contributed by atoms with Crippen LogP contribution in [0.15, 0.2) is 48.5 Å². The van der Waals surface area contributed by atoms with Crippen molar-refractivity contribution in [3.63, 3.8) is 0 Å². The van der Waals surface area contributed by atoms with Crippen LogP contribution in [0.5, 0.6) is 11.5 Å². The molecule has 2 aromatic carbocycles. The molecule has 2 aliphatic heterocycles. The highest BCUT2D eigenvalue weighted by atomic mass is 16.5. The fourth-order valence-electron chi connectivity index (χ4n) is 4.40. The van der Waals surface area contributed by atoms with Crippen molar-refractivity contribution >= 4 is 17.6 Å². The molecular formula is C26H33N3O4. The zero-order valence-electron chi connectivity index (χ0n) is 19.5. The van der Waals surface area contributed by atoms with Gasteiger partial charge in [0.05, 0.1) is 18.8 Å². The summed E-state index contributed by atoms with van der Waals surface area (Å²) in [5, 5.41) is 3.04. The molecule has 0 aromatic heterocycles. The van der Waals surface area contributed by atoms with E-state index in [-0.39, 0.29) is 24.0 Å². The summed E-state index contributed by atoms with van der Waals surface area (Å²) in [6, 6.07) is 15.5. The molecule has 0 aliphatic carbocycles. The Morgan fingerprint density at radius 2 is 1.79 bits per heavy atom. The highest BCUT2D eigenvalue weighted by Gasteiger charge is 2.34. The van der Waals surface area contributed by atoms with Gasteiger partial charge in [-0.25, -0.2) is 4.79 Å². The second-order valence-corrected chi connectivity index (χ2v) is 8.57. The Kier molecular flexibility index (Phi) is 7.37. The number of anilines is 1. The van der Waals surface area contributed by atoms with Crippen LogP contribution in [0.4, 0.5) is 10.5 Å². The number of ether oxygens (including phenoxy) is 2. The van der Waals surface area contributed by atoms with Gasteiger partial charge < -0.3 is 19.7 Å². The highest BCUT2D eigenvalue weighted by molar-refractivity contribution is 5.94. The molecule has 0 unspecified atom stereocenters. The molecule has 0 spiro atoms. The zero-order valence-corrected chi connectivity index (χ0v) is 19.5. The maximum absolute atomic E-state index is 13.3. The van der Waals surface area contributed by atoms with E-state index < -0.39 is 0 Å². The molecule has 0 saturated carbocycles. The number of likely N-dealkylation sites (tertiary alicyclic amines) is 1. The molecule has 176 valence electrons. The van der Waals surface area contributed by atoms with Crippen molar-refractivity contribution in [3.05, 3.63) is 54.1 Å². The number of benzene rings is 2. The van der Waals surface area contributed by atoms with Gasteiger partial charge in [0.15, 0.2) is 0 Å². The largest absolute Gasteiger partial charge is 0.494 e. The van der Waals surface area contributed by atoms with E-state index in [1.165, 1.54) is 0 Å². The van der Waals surface area contributed by atoms with Gasteiger partial charge in [-0.05, 0) is 56.0 Å². The van der Waals surface area contributed by atoms with Crippen molar-refractivity contribution in [3.8, 4) is 11.5 Å². The summed E-state index contributed by atoms with van der Waals surface area (Å²) in [5.74, 6) is 1.57. The first-order valence-corrected chi connectivity index (χ1v) is 11.9. The van der Waals surface area contributed by atoms with E-state index in [9.17, 15) is 9.59 Å². The lowest BCUT2D eigenvalue weighted by Crippen LogP contribution is -2.52. The minimum absolute atomic E-state index is 0.00236. The van der Waals surface area contributed by atoms with Crippen molar-refractivity contribution < 1.29 is 19.1 Å². The molecular weight excluding hydrogens is 418 g/mol. The first-order valence-electron chi connectivity index (χ1n) is 11.9. The molecule has 7 heteroatoms. The van der Waals surface area contributed by atoms with Crippen molar-refractivity contribution in [2.24, 2.45) is 5.92 Å². The number of urea groups is 1. The number of rotatable bonds is 6. The topological polar surface area (TPSA) is 71.1 Å². The second kappa shape index (κ2) is 10.6. The highest BCUT2D eigenvalue weighted by Crippen LogP contribution is 2.35. The van der Waals surface area contributed by atoms with Crippen LogP contribution >= 0.6 is 0 Å². The molecule has 1 N–H and O–H groups in total. The molecule has 1 fully saturated rings. The van der Waals surface area contributed by atoms with Crippen LogP contribution in [0.2, 0.25) is 0 Å². The smallest absolute Gasteiger partial charge is 0.324 e. The van der Waals surface area contributed by atoms with E-state index >= 15 is 0 Å². The van der Waals surface area contributed by atoms with Crippen LogP contribution < -0.4 is 19.7 Å². The zero-order chi connectivity index (χ0) is 23.2. The predicted octanol–water partition coefficient (Wildman–Crippen LogP) is 4.21. The van der Waals surface area contributed by atoms with Crippen LogP contribution in [0.25, 0.3) is 0 Å². The van der Waals surface area contributed by atoms with E-state index in [1.807, 2.05) is 65.3 Å². The molecule has 0 bridgehead atoms. The number of piperidine rings is 1. The van der Waals surface area contributed by atoms with Gasteiger partial charge in [-0.2, -0.15) is 0 Å². The third-order valence-corrected chi connectivity index (χ3v) is 6.36. The van der Waals surface area contributed by atoms with Crippen molar-refractivity contribution in [1.29, 1.82) is 0 Å². The van der Waals surface area contributed by atoms with E-state index in [0.29, 0.717) is 45.6 Å². The number of carbonyl (C=O) groups excluding carboxylic acids is 2. The molecule has 3 amide bonds. The average Bonchev–Trinajstić information content (AvgIpc) is 2.87. The molecule has 7 nitrogen and oxygen atoms in total. The molecule has 2 heterocycles. The van der Waals surface area contributed by atoms with Gasteiger partial charge in [0.2, 0.25) is 5.91 Å². The van der Waals surface area contributed by atoms with Gasteiger partial charge in [0, 0.05) is 25.6 Å². The SMILES string of the molecule is CCOc1ccc(CNC(=O)C2CCN(C(=O)N3C[C@H](CC)Oc4ccccc43)CC2)cc1. The summed E-state index contributed by atoms with van der Waals surface area (Å²) in [6.45, 7) is 6.86. The molecule has 33 heavy (non-hydrogen) atoms. The van der Waals surface area contributed by atoms with Crippen LogP contribution in [0.3, 0.4) is 0 Å². The van der Waals surface area contributed by atoms with Crippen LogP contribution in [0.1, 0.15) is 38.7 Å². The van der Waals surface area contributed by atoms with Gasteiger partial charge in [-0.3, -0.25) is 9.69 Å². The van der Waals surface area contributed by atoms with E-state index in [1.54, 1.807) is 0 Å². The Balaban J connectivity index is 1.29. The lowest BCUT2D eigenvalue weighted by atomic mass is 9.96. The second-order valence-electron chi connectivity index (χ2n) is 8.57. The first kappa shape index (κ1) is 23.0. The fraction of sp³-hybridized carbons (Fsp3) is 0.462. The van der Waals surface area contributed by atoms with Gasteiger partial charge in [-0.1, -0.05) is 31.2 Å². The summed E-state index contributed by atoms with van der Waals surface area (Å²) in [7, 11) is 0. The van der Waals surface area contributed by atoms with Crippen molar-refractivity contribution in [1.82, 2.24) is 10.2 Å². The first-order chi connectivity index (χ1) is 16.1.